The van der Waals surface area contributed by atoms with Crippen LogP contribution in [-0.2, 0) is 9.59 Å². The standard InChI is InChI=1S/C23H20ClN3O2/c1-15-8-6-9-16(2)20(15)27-23(29)19(14-17-10-7-13-25-21(17)24)22(28)26-18-11-4-3-5-12-18/h3-14H,1-2H3,(H,26,28)(H,27,29)/b19-14+. The third-order valence-corrected chi connectivity index (χ3v) is 4.64. The summed E-state index contributed by atoms with van der Waals surface area (Å²) >= 11 is 6.13. The van der Waals surface area contributed by atoms with Crippen LogP contribution in [0.2, 0.25) is 5.15 Å². The lowest BCUT2D eigenvalue weighted by Crippen LogP contribution is -2.26. The fourth-order valence-electron chi connectivity index (χ4n) is 2.81. The summed E-state index contributed by atoms with van der Waals surface area (Å²) < 4.78 is 0. The first-order valence-electron chi connectivity index (χ1n) is 9.02. The Hall–Kier alpha value is -3.44. The number of amides is 2. The van der Waals surface area contributed by atoms with Gasteiger partial charge < -0.3 is 10.6 Å². The first-order valence-corrected chi connectivity index (χ1v) is 9.39. The largest absolute Gasteiger partial charge is 0.322 e. The summed E-state index contributed by atoms with van der Waals surface area (Å²) in [7, 11) is 0. The van der Waals surface area contributed by atoms with E-state index in [2.05, 4.69) is 15.6 Å². The molecule has 2 N–H and O–H groups in total. The molecule has 0 bridgehead atoms. The number of hydrogen-bond acceptors (Lipinski definition) is 3. The molecule has 0 atom stereocenters. The van der Waals surface area contributed by atoms with Crippen molar-refractivity contribution < 1.29 is 9.59 Å². The maximum Gasteiger partial charge on any atom is 0.261 e. The van der Waals surface area contributed by atoms with Crippen molar-refractivity contribution in [2.75, 3.05) is 10.6 Å². The molecular weight excluding hydrogens is 386 g/mol. The quantitative estimate of drug-likeness (QED) is 0.271. The molecule has 29 heavy (non-hydrogen) atoms. The number of aromatic nitrogens is 1. The zero-order valence-corrected chi connectivity index (χ0v) is 16.8. The van der Waals surface area contributed by atoms with E-state index in [0.717, 1.165) is 11.1 Å². The van der Waals surface area contributed by atoms with Gasteiger partial charge in [-0.1, -0.05) is 54.1 Å². The second kappa shape index (κ2) is 9.17. The summed E-state index contributed by atoms with van der Waals surface area (Å²) in [6, 6.07) is 18.0. The third-order valence-electron chi connectivity index (χ3n) is 4.33. The summed E-state index contributed by atoms with van der Waals surface area (Å²) in [6.45, 7) is 3.79. The summed E-state index contributed by atoms with van der Waals surface area (Å²) in [5.41, 5.74) is 3.46. The number of rotatable bonds is 5. The minimum Gasteiger partial charge on any atom is -0.322 e. The van der Waals surface area contributed by atoms with Crippen LogP contribution in [0.5, 0.6) is 0 Å². The average Bonchev–Trinajstić information content (AvgIpc) is 2.70. The molecule has 5 nitrogen and oxygen atoms in total. The summed E-state index contributed by atoms with van der Waals surface area (Å²) in [5, 5.41) is 5.81. The fraction of sp³-hybridized carbons (Fsp3) is 0.0870. The highest BCUT2D eigenvalue weighted by atomic mass is 35.5. The fourth-order valence-corrected chi connectivity index (χ4v) is 2.98. The van der Waals surface area contributed by atoms with Crippen LogP contribution in [0, 0.1) is 13.8 Å². The number of carbonyl (C=O) groups excluding carboxylic acids is 2. The van der Waals surface area contributed by atoms with E-state index in [1.54, 1.807) is 42.6 Å². The van der Waals surface area contributed by atoms with Crippen molar-refractivity contribution >= 4 is 40.9 Å². The first-order chi connectivity index (χ1) is 14.0. The molecule has 0 spiro atoms. The maximum atomic E-state index is 13.1. The Morgan fingerprint density at radius 3 is 2.17 bits per heavy atom. The number of nitrogens with one attached hydrogen (secondary N) is 2. The van der Waals surface area contributed by atoms with E-state index in [1.165, 1.54) is 6.08 Å². The van der Waals surface area contributed by atoms with Gasteiger partial charge in [-0.2, -0.15) is 0 Å². The maximum absolute atomic E-state index is 13.1. The Balaban J connectivity index is 1.97. The molecule has 3 aromatic rings. The van der Waals surface area contributed by atoms with Crippen LogP contribution in [0.25, 0.3) is 6.08 Å². The summed E-state index contributed by atoms with van der Waals surface area (Å²) in [5.74, 6) is -1.07. The zero-order valence-electron chi connectivity index (χ0n) is 16.1. The van der Waals surface area contributed by atoms with Crippen LogP contribution in [0.1, 0.15) is 16.7 Å². The molecule has 0 aliphatic rings. The topological polar surface area (TPSA) is 71.1 Å². The van der Waals surface area contributed by atoms with Gasteiger partial charge in [0.05, 0.1) is 0 Å². The van der Waals surface area contributed by atoms with Gasteiger partial charge in [0.2, 0.25) is 0 Å². The molecule has 6 heteroatoms. The number of halogens is 1. The Bertz CT molecular complexity index is 1060. The minimum absolute atomic E-state index is 0.0774. The summed E-state index contributed by atoms with van der Waals surface area (Å²) in [4.78, 5) is 30.0. The van der Waals surface area contributed by atoms with E-state index in [4.69, 9.17) is 11.6 Å². The molecule has 0 fully saturated rings. The van der Waals surface area contributed by atoms with Gasteiger partial charge in [0, 0.05) is 23.1 Å². The predicted molar refractivity (Wildman–Crippen MR) is 117 cm³/mol. The van der Waals surface area contributed by atoms with E-state index < -0.39 is 11.8 Å². The second-order valence-electron chi connectivity index (χ2n) is 6.48. The van der Waals surface area contributed by atoms with Gasteiger partial charge in [0.25, 0.3) is 11.8 Å². The second-order valence-corrected chi connectivity index (χ2v) is 6.84. The Morgan fingerprint density at radius 1 is 0.862 bits per heavy atom. The normalized spacial score (nSPS) is 11.1. The molecule has 3 rings (SSSR count). The van der Waals surface area contributed by atoms with Crippen LogP contribution in [0.4, 0.5) is 11.4 Å². The highest BCUT2D eigenvalue weighted by molar-refractivity contribution is 6.32. The van der Waals surface area contributed by atoms with Crippen LogP contribution < -0.4 is 10.6 Å². The molecule has 0 aliphatic carbocycles. The minimum atomic E-state index is -0.542. The molecule has 1 aromatic heterocycles. The third kappa shape index (κ3) is 5.09. The van der Waals surface area contributed by atoms with Crippen molar-refractivity contribution in [3.63, 3.8) is 0 Å². The lowest BCUT2D eigenvalue weighted by molar-refractivity contribution is -0.118. The number of carbonyl (C=O) groups is 2. The van der Waals surface area contributed by atoms with Gasteiger partial charge in [-0.05, 0) is 49.2 Å². The molecule has 0 saturated heterocycles. The van der Waals surface area contributed by atoms with Crippen molar-refractivity contribution in [2.45, 2.75) is 13.8 Å². The molecule has 0 aliphatic heterocycles. The van der Waals surface area contributed by atoms with Crippen molar-refractivity contribution in [3.05, 3.63) is 94.3 Å². The highest BCUT2D eigenvalue weighted by Gasteiger charge is 2.21. The number of hydrogen-bond donors (Lipinski definition) is 2. The van der Waals surface area contributed by atoms with Gasteiger partial charge in [-0.25, -0.2) is 4.98 Å². The van der Waals surface area contributed by atoms with Crippen molar-refractivity contribution in [3.8, 4) is 0 Å². The Labute approximate surface area is 174 Å². The van der Waals surface area contributed by atoms with Crippen LogP contribution in [0.15, 0.2) is 72.4 Å². The number of aryl methyl sites for hydroxylation is 2. The van der Waals surface area contributed by atoms with Crippen LogP contribution >= 0.6 is 11.6 Å². The van der Waals surface area contributed by atoms with E-state index in [1.807, 2.05) is 38.1 Å². The first kappa shape index (κ1) is 20.3. The van der Waals surface area contributed by atoms with Crippen molar-refractivity contribution in [2.24, 2.45) is 0 Å². The molecule has 0 saturated carbocycles. The number of pyridine rings is 1. The average molecular weight is 406 g/mol. The van der Waals surface area contributed by atoms with Gasteiger partial charge >= 0.3 is 0 Å². The van der Waals surface area contributed by atoms with Gasteiger partial charge in [-0.3, -0.25) is 9.59 Å². The number of nitrogens with zero attached hydrogens (tertiary/aromatic N) is 1. The molecule has 0 radical (unpaired) electrons. The number of para-hydroxylation sites is 2. The van der Waals surface area contributed by atoms with E-state index in [0.29, 0.717) is 16.9 Å². The molecule has 0 unspecified atom stereocenters. The van der Waals surface area contributed by atoms with E-state index in [-0.39, 0.29) is 10.7 Å². The molecule has 2 amide bonds. The molecule has 1 heterocycles. The Kier molecular flexibility index (Phi) is 6.42. The van der Waals surface area contributed by atoms with Gasteiger partial charge in [0.15, 0.2) is 0 Å². The molecule has 146 valence electrons. The Morgan fingerprint density at radius 2 is 1.52 bits per heavy atom. The van der Waals surface area contributed by atoms with Crippen molar-refractivity contribution in [1.29, 1.82) is 0 Å². The van der Waals surface area contributed by atoms with E-state index >= 15 is 0 Å². The van der Waals surface area contributed by atoms with Crippen LogP contribution in [0.3, 0.4) is 0 Å². The predicted octanol–water partition coefficient (Wildman–Crippen LogP) is 5.01. The molecular formula is C23H20ClN3O2. The van der Waals surface area contributed by atoms with Crippen LogP contribution in [-0.4, -0.2) is 16.8 Å². The molecule has 2 aromatic carbocycles. The number of benzene rings is 2. The van der Waals surface area contributed by atoms with Crippen molar-refractivity contribution in [1.82, 2.24) is 4.98 Å². The summed E-state index contributed by atoms with van der Waals surface area (Å²) in [6.07, 6.45) is 2.98. The SMILES string of the molecule is Cc1cccc(C)c1NC(=O)/C(=C/c1cccnc1Cl)C(=O)Nc1ccccc1. The lowest BCUT2D eigenvalue weighted by Gasteiger charge is -2.14. The van der Waals surface area contributed by atoms with Gasteiger partial charge in [-0.15, -0.1) is 0 Å². The zero-order chi connectivity index (χ0) is 20.8. The monoisotopic (exact) mass is 405 g/mol. The number of anilines is 2. The van der Waals surface area contributed by atoms with E-state index in [9.17, 15) is 9.59 Å². The van der Waals surface area contributed by atoms with Gasteiger partial charge in [0.1, 0.15) is 10.7 Å². The highest BCUT2D eigenvalue weighted by Crippen LogP contribution is 2.22. The smallest absolute Gasteiger partial charge is 0.261 e. The lowest BCUT2D eigenvalue weighted by atomic mass is 10.1.